The third kappa shape index (κ3) is 5.66. The molecule has 0 heterocycles. The molecule has 2 N–H and O–H groups in total. The first-order valence-electron chi connectivity index (χ1n) is 7.45. The number of nitrogens with one attached hydrogen (secondary N) is 2. The highest BCUT2D eigenvalue weighted by atomic mass is 19.1. The monoisotopic (exact) mass is 300 g/mol. The molecule has 2 aromatic carbocycles. The first-order valence-corrected chi connectivity index (χ1v) is 7.45. The highest BCUT2D eigenvalue weighted by molar-refractivity contribution is 5.90. The smallest absolute Gasteiger partial charge is 0.225 e. The second-order valence-corrected chi connectivity index (χ2v) is 5.29. The van der Waals surface area contributed by atoms with Crippen LogP contribution in [-0.4, -0.2) is 19.0 Å². The lowest BCUT2D eigenvalue weighted by atomic mass is 10.1. The Morgan fingerprint density at radius 2 is 1.86 bits per heavy atom. The lowest BCUT2D eigenvalue weighted by Crippen LogP contribution is -2.23. The van der Waals surface area contributed by atoms with Crippen molar-refractivity contribution in [1.29, 1.82) is 0 Å². The van der Waals surface area contributed by atoms with E-state index < -0.39 is 0 Å². The van der Waals surface area contributed by atoms with E-state index in [0.29, 0.717) is 13.0 Å². The molecule has 2 rings (SSSR count). The average molecular weight is 300 g/mol. The number of hydrogen-bond acceptors (Lipinski definition) is 2. The normalized spacial score (nSPS) is 10.5. The molecule has 3 nitrogen and oxygen atoms in total. The Labute approximate surface area is 130 Å². The Kier molecular flexibility index (Phi) is 6.10. The maximum Gasteiger partial charge on any atom is 0.225 e. The summed E-state index contributed by atoms with van der Waals surface area (Å²) in [6.07, 6.45) is 1.25. The first-order chi connectivity index (χ1) is 10.6. The Balaban J connectivity index is 1.62. The van der Waals surface area contributed by atoms with E-state index >= 15 is 0 Å². The van der Waals surface area contributed by atoms with Crippen molar-refractivity contribution in [2.45, 2.75) is 19.8 Å². The maximum absolute atomic E-state index is 12.8. The number of hydrogen-bond donors (Lipinski definition) is 2. The highest BCUT2D eigenvalue weighted by Gasteiger charge is 2.02. The standard InChI is InChI=1S/C18H21FN2O/c1-14-3-2-4-17(13-14)21-18(22)10-12-20-11-9-15-5-7-16(19)8-6-15/h2-8,13,20H,9-12H2,1H3,(H,21,22). The van der Waals surface area contributed by atoms with Gasteiger partial charge in [-0.05, 0) is 55.3 Å². The minimum Gasteiger partial charge on any atom is -0.326 e. The van der Waals surface area contributed by atoms with Crippen molar-refractivity contribution in [1.82, 2.24) is 5.32 Å². The summed E-state index contributed by atoms with van der Waals surface area (Å²) in [5.41, 5.74) is 3.03. The van der Waals surface area contributed by atoms with Gasteiger partial charge in [0.15, 0.2) is 0 Å². The van der Waals surface area contributed by atoms with Gasteiger partial charge in [0, 0.05) is 18.7 Å². The third-order valence-electron chi connectivity index (χ3n) is 3.33. The summed E-state index contributed by atoms with van der Waals surface area (Å²) >= 11 is 0. The van der Waals surface area contributed by atoms with Gasteiger partial charge >= 0.3 is 0 Å². The highest BCUT2D eigenvalue weighted by Crippen LogP contribution is 2.09. The third-order valence-corrected chi connectivity index (χ3v) is 3.33. The quantitative estimate of drug-likeness (QED) is 0.770. The summed E-state index contributed by atoms with van der Waals surface area (Å²) in [6, 6.07) is 14.2. The fraction of sp³-hybridized carbons (Fsp3) is 0.278. The van der Waals surface area contributed by atoms with Crippen molar-refractivity contribution in [3.05, 3.63) is 65.5 Å². The van der Waals surface area contributed by atoms with Gasteiger partial charge in [0.1, 0.15) is 5.82 Å². The van der Waals surface area contributed by atoms with E-state index in [0.717, 1.165) is 29.8 Å². The number of anilines is 1. The fourth-order valence-electron chi connectivity index (χ4n) is 2.16. The van der Waals surface area contributed by atoms with Gasteiger partial charge in [-0.1, -0.05) is 24.3 Å². The van der Waals surface area contributed by atoms with Crippen LogP contribution in [0.1, 0.15) is 17.5 Å². The number of amides is 1. The van der Waals surface area contributed by atoms with Crippen molar-refractivity contribution in [3.8, 4) is 0 Å². The molecule has 4 heteroatoms. The van der Waals surface area contributed by atoms with Crippen molar-refractivity contribution in [2.24, 2.45) is 0 Å². The van der Waals surface area contributed by atoms with Crippen LogP contribution in [0.2, 0.25) is 0 Å². The topological polar surface area (TPSA) is 41.1 Å². The van der Waals surface area contributed by atoms with Crippen molar-refractivity contribution >= 4 is 11.6 Å². The number of halogens is 1. The lowest BCUT2D eigenvalue weighted by Gasteiger charge is -2.07. The molecule has 2 aromatic rings. The zero-order chi connectivity index (χ0) is 15.8. The zero-order valence-corrected chi connectivity index (χ0v) is 12.7. The second-order valence-electron chi connectivity index (χ2n) is 5.29. The molecule has 0 atom stereocenters. The summed E-state index contributed by atoms with van der Waals surface area (Å²) in [7, 11) is 0. The number of rotatable bonds is 7. The lowest BCUT2D eigenvalue weighted by molar-refractivity contribution is -0.116. The van der Waals surface area contributed by atoms with Crippen LogP contribution in [0.15, 0.2) is 48.5 Å². The van der Waals surface area contributed by atoms with Crippen LogP contribution in [0.25, 0.3) is 0 Å². The second kappa shape index (κ2) is 8.29. The van der Waals surface area contributed by atoms with Crippen LogP contribution < -0.4 is 10.6 Å². The first kappa shape index (κ1) is 16.2. The van der Waals surface area contributed by atoms with E-state index in [4.69, 9.17) is 0 Å². The molecule has 0 unspecified atom stereocenters. The Morgan fingerprint density at radius 1 is 1.09 bits per heavy atom. The Hall–Kier alpha value is -2.20. The predicted octanol–water partition coefficient (Wildman–Crippen LogP) is 3.30. The molecule has 0 aromatic heterocycles. The summed E-state index contributed by atoms with van der Waals surface area (Å²) in [6.45, 7) is 3.38. The number of carbonyl (C=O) groups is 1. The van der Waals surface area contributed by atoms with E-state index in [9.17, 15) is 9.18 Å². The van der Waals surface area contributed by atoms with E-state index in [1.54, 1.807) is 12.1 Å². The van der Waals surface area contributed by atoms with Crippen LogP contribution in [0.3, 0.4) is 0 Å². The predicted molar refractivity (Wildman–Crippen MR) is 87.4 cm³/mol. The van der Waals surface area contributed by atoms with Gasteiger partial charge in [0.2, 0.25) is 5.91 Å². The summed E-state index contributed by atoms with van der Waals surface area (Å²) in [5, 5.41) is 6.10. The molecule has 0 aliphatic rings. The molecule has 0 spiro atoms. The van der Waals surface area contributed by atoms with E-state index in [1.807, 2.05) is 31.2 Å². The molecule has 22 heavy (non-hydrogen) atoms. The molecule has 116 valence electrons. The molecule has 0 saturated carbocycles. The van der Waals surface area contributed by atoms with Gasteiger partial charge in [0.25, 0.3) is 0 Å². The summed E-state index contributed by atoms with van der Waals surface area (Å²) in [5.74, 6) is -0.218. The molecule has 1 amide bonds. The van der Waals surface area contributed by atoms with Crippen LogP contribution >= 0.6 is 0 Å². The van der Waals surface area contributed by atoms with E-state index in [2.05, 4.69) is 10.6 Å². The van der Waals surface area contributed by atoms with Crippen molar-refractivity contribution < 1.29 is 9.18 Å². The molecule has 0 fully saturated rings. The largest absolute Gasteiger partial charge is 0.326 e. The van der Waals surface area contributed by atoms with Crippen molar-refractivity contribution in [3.63, 3.8) is 0 Å². The molecule has 0 radical (unpaired) electrons. The minimum atomic E-state index is -0.218. The average Bonchev–Trinajstić information content (AvgIpc) is 2.49. The van der Waals surface area contributed by atoms with Gasteiger partial charge in [-0.3, -0.25) is 4.79 Å². The maximum atomic E-state index is 12.8. The zero-order valence-electron chi connectivity index (χ0n) is 12.7. The summed E-state index contributed by atoms with van der Waals surface area (Å²) < 4.78 is 12.8. The number of aryl methyl sites for hydroxylation is 1. The van der Waals surface area contributed by atoms with Crippen LogP contribution in [0.4, 0.5) is 10.1 Å². The fourth-order valence-corrected chi connectivity index (χ4v) is 2.16. The van der Waals surface area contributed by atoms with Gasteiger partial charge < -0.3 is 10.6 Å². The Morgan fingerprint density at radius 3 is 2.59 bits per heavy atom. The Bertz CT molecular complexity index is 611. The van der Waals surface area contributed by atoms with E-state index in [1.165, 1.54) is 12.1 Å². The molecular weight excluding hydrogens is 279 g/mol. The number of carbonyl (C=O) groups excluding carboxylic acids is 1. The number of benzene rings is 2. The van der Waals surface area contributed by atoms with Crippen LogP contribution in [-0.2, 0) is 11.2 Å². The minimum absolute atomic E-state index is 0.000109. The molecule has 0 bridgehead atoms. The van der Waals surface area contributed by atoms with Gasteiger partial charge in [-0.25, -0.2) is 4.39 Å². The molecule has 0 aliphatic carbocycles. The SMILES string of the molecule is Cc1cccc(NC(=O)CCNCCc2ccc(F)cc2)c1. The van der Waals surface area contributed by atoms with E-state index in [-0.39, 0.29) is 11.7 Å². The van der Waals surface area contributed by atoms with Crippen molar-refractivity contribution in [2.75, 3.05) is 18.4 Å². The molecule has 0 aliphatic heterocycles. The molecule has 0 saturated heterocycles. The van der Waals surface area contributed by atoms with Gasteiger partial charge in [-0.2, -0.15) is 0 Å². The van der Waals surface area contributed by atoms with Gasteiger partial charge in [0.05, 0.1) is 0 Å². The van der Waals surface area contributed by atoms with Crippen LogP contribution in [0, 0.1) is 12.7 Å². The molecular formula is C18H21FN2O. The van der Waals surface area contributed by atoms with Gasteiger partial charge in [-0.15, -0.1) is 0 Å². The summed E-state index contributed by atoms with van der Waals surface area (Å²) in [4.78, 5) is 11.8. The van der Waals surface area contributed by atoms with Crippen LogP contribution in [0.5, 0.6) is 0 Å².